The minimum Gasteiger partial charge on any atom is -0.392 e. The molecule has 2 aliphatic heterocycles. The topological polar surface area (TPSA) is 65.5 Å². The van der Waals surface area contributed by atoms with Gasteiger partial charge >= 0.3 is 0 Å². The summed E-state index contributed by atoms with van der Waals surface area (Å²) < 4.78 is 1.24. The van der Waals surface area contributed by atoms with E-state index in [1.54, 1.807) is 11.3 Å². The van der Waals surface area contributed by atoms with Crippen LogP contribution in [0.1, 0.15) is 30.2 Å². The number of thiazole rings is 1. The molecule has 1 aromatic heterocycles. The summed E-state index contributed by atoms with van der Waals surface area (Å²) in [6.07, 6.45) is 2.10. The Balaban J connectivity index is 1.39. The van der Waals surface area contributed by atoms with Crippen LogP contribution in [0.5, 0.6) is 0 Å². The van der Waals surface area contributed by atoms with Crippen LogP contribution >= 0.6 is 11.3 Å². The number of β-amino-alcohol motifs (C(OH)–C–C–N with tert-alkyl or cyclic N) is 1. The van der Waals surface area contributed by atoms with Crippen LogP contribution in [0.4, 0.5) is 0 Å². The summed E-state index contributed by atoms with van der Waals surface area (Å²) in [6, 6.07) is 8.05. The first-order chi connectivity index (χ1) is 11.2. The van der Waals surface area contributed by atoms with Crippen molar-refractivity contribution in [1.82, 2.24) is 15.2 Å². The molecule has 0 bridgehead atoms. The highest BCUT2D eigenvalue weighted by molar-refractivity contribution is 7.18. The Morgan fingerprint density at radius 2 is 2.09 bits per heavy atom. The normalized spacial score (nSPS) is 26.0. The van der Waals surface area contributed by atoms with Crippen LogP contribution in [0.3, 0.4) is 0 Å². The van der Waals surface area contributed by atoms with E-state index in [2.05, 4.69) is 23.5 Å². The fraction of sp³-hybridized carbons (Fsp3) is 0.529. The summed E-state index contributed by atoms with van der Waals surface area (Å²) in [6.45, 7) is 2.10. The van der Waals surface area contributed by atoms with Crippen LogP contribution in [0.25, 0.3) is 10.2 Å². The van der Waals surface area contributed by atoms with E-state index in [-0.39, 0.29) is 18.1 Å². The number of aliphatic hydroxyl groups is 1. The van der Waals surface area contributed by atoms with Crippen molar-refractivity contribution in [2.75, 3.05) is 19.6 Å². The largest absolute Gasteiger partial charge is 0.392 e. The monoisotopic (exact) mass is 331 g/mol. The molecule has 3 heterocycles. The summed E-state index contributed by atoms with van der Waals surface area (Å²) in [4.78, 5) is 19.2. The number of benzene rings is 1. The van der Waals surface area contributed by atoms with Gasteiger partial charge in [-0.1, -0.05) is 12.1 Å². The molecule has 6 heteroatoms. The number of amides is 1. The first-order valence-corrected chi connectivity index (χ1v) is 9.08. The first-order valence-electron chi connectivity index (χ1n) is 8.26. The molecule has 2 fully saturated rings. The first kappa shape index (κ1) is 15.1. The van der Waals surface area contributed by atoms with E-state index in [0.717, 1.165) is 31.4 Å². The Labute approximate surface area is 139 Å². The molecule has 122 valence electrons. The van der Waals surface area contributed by atoms with E-state index in [0.29, 0.717) is 18.9 Å². The number of carbonyl (C=O) groups is 1. The number of hydrogen-bond donors (Lipinski definition) is 2. The number of nitrogens with zero attached hydrogens (tertiary/aromatic N) is 2. The smallest absolute Gasteiger partial charge is 0.239 e. The SMILES string of the molecule is O=C([C@@H]1C[C@@H](O)CN1)N1CCC(c2nc3ccccc3s2)CC1. The quantitative estimate of drug-likeness (QED) is 0.879. The predicted octanol–water partition coefficient (Wildman–Crippen LogP) is 1.73. The number of fused-ring (bicyclic) bond motifs is 1. The van der Waals surface area contributed by atoms with Crippen molar-refractivity contribution in [2.45, 2.75) is 37.3 Å². The molecule has 0 aliphatic carbocycles. The number of nitrogens with one attached hydrogen (secondary N) is 1. The second-order valence-electron chi connectivity index (χ2n) is 6.47. The molecule has 5 nitrogen and oxygen atoms in total. The van der Waals surface area contributed by atoms with E-state index in [1.807, 2.05) is 11.0 Å². The molecule has 23 heavy (non-hydrogen) atoms. The van der Waals surface area contributed by atoms with E-state index in [9.17, 15) is 9.90 Å². The van der Waals surface area contributed by atoms with Gasteiger partial charge < -0.3 is 15.3 Å². The highest BCUT2D eigenvalue weighted by Crippen LogP contribution is 2.34. The van der Waals surface area contributed by atoms with Crippen molar-refractivity contribution in [1.29, 1.82) is 0 Å². The van der Waals surface area contributed by atoms with Gasteiger partial charge in [0.05, 0.1) is 27.4 Å². The van der Waals surface area contributed by atoms with E-state index in [1.165, 1.54) is 9.71 Å². The second kappa shape index (κ2) is 6.19. The third-order valence-corrected chi connectivity index (χ3v) is 6.07. The maximum atomic E-state index is 12.5. The van der Waals surface area contributed by atoms with Gasteiger partial charge in [-0.25, -0.2) is 4.98 Å². The number of aliphatic hydroxyl groups excluding tert-OH is 1. The zero-order valence-corrected chi connectivity index (χ0v) is 13.8. The van der Waals surface area contributed by atoms with E-state index in [4.69, 9.17) is 4.98 Å². The lowest BCUT2D eigenvalue weighted by Gasteiger charge is -2.32. The Morgan fingerprint density at radius 1 is 1.30 bits per heavy atom. The number of likely N-dealkylation sites (tertiary alicyclic amines) is 1. The molecule has 0 spiro atoms. The highest BCUT2D eigenvalue weighted by Gasteiger charge is 2.33. The van der Waals surface area contributed by atoms with Gasteiger partial charge in [-0.2, -0.15) is 0 Å². The number of carbonyl (C=O) groups excluding carboxylic acids is 1. The van der Waals surface area contributed by atoms with Gasteiger partial charge in [0.2, 0.25) is 5.91 Å². The molecule has 2 atom stereocenters. The number of para-hydroxylation sites is 1. The predicted molar refractivity (Wildman–Crippen MR) is 90.6 cm³/mol. The third kappa shape index (κ3) is 2.98. The van der Waals surface area contributed by atoms with Gasteiger partial charge in [0.15, 0.2) is 0 Å². The molecular formula is C17H21N3O2S. The zero-order valence-electron chi connectivity index (χ0n) is 12.9. The average molecular weight is 331 g/mol. The van der Waals surface area contributed by atoms with Crippen LogP contribution in [0, 0.1) is 0 Å². The lowest BCUT2D eigenvalue weighted by Crippen LogP contribution is -2.46. The summed E-state index contributed by atoms with van der Waals surface area (Å²) >= 11 is 1.78. The number of piperidine rings is 1. The maximum absolute atomic E-state index is 12.5. The maximum Gasteiger partial charge on any atom is 0.239 e. The molecule has 2 saturated heterocycles. The summed E-state index contributed by atoms with van der Waals surface area (Å²) in [5.74, 6) is 0.600. The minimum atomic E-state index is -0.385. The summed E-state index contributed by atoms with van der Waals surface area (Å²) in [5, 5.41) is 13.9. The fourth-order valence-corrected chi connectivity index (χ4v) is 4.67. The van der Waals surface area contributed by atoms with Gasteiger partial charge in [0.25, 0.3) is 0 Å². The van der Waals surface area contributed by atoms with Crippen LogP contribution in [-0.4, -0.2) is 52.7 Å². The average Bonchev–Trinajstić information content (AvgIpc) is 3.20. The van der Waals surface area contributed by atoms with Crippen LogP contribution in [0.2, 0.25) is 0 Å². The van der Waals surface area contributed by atoms with Gasteiger partial charge in [-0.3, -0.25) is 4.79 Å². The summed E-state index contributed by atoms with van der Waals surface area (Å²) in [5.41, 5.74) is 1.08. The van der Waals surface area contributed by atoms with Crippen LogP contribution < -0.4 is 5.32 Å². The molecule has 1 aromatic carbocycles. The van der Waals surface area contributed by atoms with E-state index < -0.39 is 0 Å². The number of rotatable bonds is 2. The standard InChI is InChI=1S/C17H21N3O2S/c21-12-9-14(18-10-12)17(22)20-7-5-11(6-8-20)16-19-13-3-1-2-4-15(13)23-16/h1-4,11-12,14,18,21H,5-10H2/t12-,14+/m1/s1. The van der Waals surface area contributed by atoms with Crippen molar-refractivity contribution in [2.24, 2.45) is 0 Å². The molecule has 0 saturated carbocycles. The molecule has 4 rings (SSSR count). The third-order valence-electron chi connectivity index (χ3n) is 4.87. The highest BCUT2D eigenvalue weighted by atomic mass is 32.1. The number of hydrogen-bond acceptors (Lipinski definition) is 5. The lowest BCUT2D eigenvalue weighted by atomic mass is 9.97. The van der Waals surface area contributed by atoms with Crippen molar-refractivity contribution in [3.05, 3.63) is 29.3 Å². The molecular weight excluding hydrogens is 310 g/mol. The molecule has 2 N–H and O–H groups in total. The zero-order chi connectivity index (χ0) is 15.8. The van der Waals surface area contributed by atoms with Gasteiger partial charge in [0.1, 0.15) is 0 Å². The van der Waals surface area contributed by atoms with Gasteiger partial charge in [0, 0.05) is 25.6 Å². The van der Waals surface area contributed by atoms with Crippen molar-refractivity contribution >= 4 is 27.5 Å². The Kier molecular flexibility index (Phi) is 4.05. The molecule has 2 aromatic rings. The molecule has 0 unspecified atom stereocenters. The molecule has 1 amide bonds. The van der Waals surface area contributed by atoms with Crippen molar-refractivity contribution in [3.63, 3.8) is 0 Å². The molecule has 0 radical (unpaired) electrons. The second-order valence-corrected chi connectivity index (χ2v) is 7.53. The Hall–Kier alpha value is -1.50. The lowest BCUT2D eigenvalue weighted by molar-refractivity contribution is -0.134. The summed E-state index contributed by atoms with van der Waals surface area (Å²) in [7, 11) is 0. The number of aromatic nitrogens is 1. The Bertz CT molecular complexity index is 676. The van der Waals surface area contributed by atoms with Crippen molar-refractivity contribution in [3.8, 4) is 0 Å². The fourth-order valence-electron chi connectivity index (χ4n) is 3.54. The minimum absolute atomic E-state index is 0.143. The van der Waals surface area contributed by atoms with E-state index >= 15 is 0 Å². The van der Waals surface area contributed by atoms with Crippen LogP contribution in [-0.2, 0) is 4.79 Å². The van der Waals surface area contributed by atoms with Crippen molar-refractivity contribution < 1.29 is 9.90 Å². The van der Waals surface area contributed by atoms with Gasteiger partial charge in [-0.15, -0.1) is 11.3 Å². The van der Waals surface area contributed by atoms with Crippen LogP contribution in [0.15, 0.2) is 24.3 Å². The Morgan fingerprint density at radius 3 is 2.78 bits per heavy atom. The van der Waals surface area contributed by atoms with Gasteiger partial charge in [-0.05, 0) is 31.4 Å². The molecule has 2 aliphatic rings.